The number of aliphatic hydroxyl groups excluding tert-OH is 1. The predicted molar refractivity (Wildman–Crippen MR) is 70.2 cm³/mol. The van der Waals surface area contributed by atoms with Crippen LogP contribution in [-0.4, -0.2) is 32.5 Å². The predicted octanol–water partition coefficient (Wildman–Crippen LogP) is 1.52. The summed E-state index contributed by atoms with van der Waals surface area (Å²) < 4.78 is 10.7. The number of ether oxygens (including phenoxy) is 2. The van der Waals surface area contributed by atoms with Crippen molar-refractivity contribution in [2.75, 3.05) is 27.4 Å². The van der Waals surface area contributed by atoms with Gasteiger partial charge in [-0.1, -0.05) is 6.92 Å². The largest absolute Gasteiger partial charge is 0.493 e. The molecule has 0 unspecified atom stereocenters. The molecule has 1 aromatic carbocycles. The van der Waals surface area contributed by atoms with E-state index in [1.807, 2.05) is 19.1 Å². The van der Waals surface area contributed by atoms with Gasteiger partial charge in [0.2, 0.25) is 0 Å². The van der Waals surface area contributed by atoms with E-state index < -0.39 is 0 Å². The van der Waals surface area contributed by atoms with Crippen molar-refractivity contribution < 1.29 is 14.6 Å². The summed E-state index contributed by atoms with van der Waals surface area (Å²) in [5, 5.41) is 12.8. The molecule has 18 heavy (non-hydrogen) atoms. The molecule has 0 aromatic heterocycles. The number of aliphatic hydroxyl groups is 1. The Morgan fingerprint density at radius 1 is 1.33 bits per heavy atom. The number of hydrogen-bond acceptors (Lipinski definition) is 4. The van der Waals surface area contributed by atoms with Crippen LogP contribution in [0.25, 0.3) is 0 Å². The summed E-state index contributed by atoms with van der Waals surface area (Å²) in [4.78, 5) is 0. The van der Waals surface area contributed by atoms with Gasteiger partial charge in [0.15, 0.2) is 11.5 Å². The minimum atomic E-state index is 0.172. The first-order chi connectivity index (χ1) is 8.71. The molecule has 4 heteroatoms. The molecule has 0 saturated heterocycles. The van der Waals surface area contributed by atoms with Crippen molar-refractivity contribution in [3.8, 4) is 11.5 Å². The van der Waals surface area contributed by atoms with Crippen LogP contribution in [0.2, 0.25) is 0 Å². The highest BCUT2D eigenvalue weighted by Crippen LogP contribution is 2.37. The van der Waals surface area contributed by atoms with Crippen LogP contribution in [0.4, 0.5) is 0 Å². The van der Waals surface area contributed by atoms with Crippen molar-refractivity contribution in [3.05, 3.63) is 23.3 Å². The molecule has 0 fully saturated rings. The second kappa shape index (κ2) is 5.59. The Labute approximate surface area is 108 Å². The third kappa shape index (κ3) is 2.31. The second-order valence-electron chi connectivity index (χ2n) is 4.75. The van der Waals surface area contributed by atoms with E-state index in [1.54, 1.807) is 14.2 Å². The van der Waals surface area contributed by atoms with Gasteiger partial charge in [0.05, 0.1) is 14.2 Å². The summed E-state index contributed by atoms with van der Waals surface area (Å²) >= 11 is 0. The maximum atomic E-state index is 9.34. The summed E-state index contributed by atoms with van der Waals surface area (Å²) in [6.45, 7) is 3.15. The first kappa shape index (κ1) is 13.2. The van der Waals surface area contributed by atoms with Gasteiger partial charge in [-0.05, 0) is 42.1 Å². The van der Waals surface area contributed by atoms with Crippen LogP contribution in [0.3, 0.4) is 0 Å². The Kier molecular flexibility index (Phi) is 4.09. The van der Waals surface area contributed by atoms with E-state index in [-0.39, 0.29) is 18.6 Å². The van der Waals surface area contributed by atoms with Crippen LogP contribution in [0.5, 0.6) is 11.5 Å². The van der Waals surface area contributed by atoms with Gasteiger partial charge >= 0.3 is 0 Å². The summed E-state index contributed by atoms with van der Waals surface area (Å²) in [6, 6.07) is 4.25. The normalized spacial score (nSPS) is 20.1. The van der Waals surface area contributed by atoms with Gasteiger partial charge < -0.3 is 19.9 Å². The van der Waals surface area contributed by atoms with E-state index in [9.17, 15) is 5.11 Å². The zero-order chi connectivity index (χ0) is 13.1. The standard InChI is InChI=1S/C14H21NO3/c1-9(8-16)14-11-7-13(18-3)12(17-2)6-10(11)4-5-15-14/h6-7,9,14-16H,4-5,8H2,1-3H3/t9-,14-/m0/s1. The van der Waals surface area contributed by atoms with E-state index in [2.05, 4.69) is 5.32 Å². The molecule has 0 bridgehead atoms. The quantitative estimate of drug-likeness (QED) is 0.852. The average Bonchev–Trinajstić information content (AvgIpc) is 2.44. The summed E-state index contributed by atoms with van der Waals surface area (Å²) in [5.74, 6) is 1.70. The number of nitrogens with one attached hydrogen (secondary N) is 1. The minimum Gasteiger partial charge on any atom is -0.493 e. The first-order valence-corrected chi connectivity index (χ1v) is 6.30. The summed E-state index contributed by atoms with van der Waals surface area (Å²) in [6.07, 6.45) is 0.977. The van der Waals surface area contributed by atoms with Crippen LogP contribution < -0.4 is 14.8 Å². The van der Waals surface area contributed by atoms with E-state index >= 15 is 0 Å². The van der Waals surface area contributed by atoms with Crippen molar-refractivity contribution >= 4 is 0 Å². The van der Waals surface area contributed by atoms with Gasteiger partial charge in [-0.25, -0.2) is 0 Å². The minimum absolute atomic E-state index is 0.172. The molecular weight excluding hydrogens is 230 g/mol. The molecule has 2 rings (SSSR count). The number of hydrogen-bond donors (Lipinski definition) is 2. The topological polar surface area (TPSA) is 50.7 Å². The molecule has 1 aliphatic rings. The molecule has 0 amide bonds. The molecule has 100 valence electrons. The molecule has 2 atom stereocenters. The van der Waals surface area contributed by atoms with E-state index in [4.69, 9.17) is 9.47 Å². The molecule has 1 aliphatic heterocycles. The molecule has 0 saturated carbocycles. The molecule has 0 aliphatic carbocycles. The highest BCUT2D eigenvalue weighted by molar-refractivity contribution is 5.49. The molecule has 4 nitrogen and oxygen atoms in total. The number of benzene rings is 1. The fourth-order valence-electron chi connectivity index (χ4n) is 2.53. The highest BCUT2D eigenvalue weighted by Gasteiger charge is 2.26. The highest BCUT2D eigenvalue weighted by atomic mass is 16.5. The third-order valence-electron chi connectivity index (χ3n) is 3.60. The summed E-state index contributed by atoms with van der Waals surface area (Å²) in [5.41, 5.74) is 2.48. The lowest BCUT2D eigenvalue weighted by Gasteiger charge is -2.31. The Balaban J connectivity index is 2.43. The smallest absolute Gasteiger partial charge is 0.161 e. The Morgan fingerprint density at radius 3 is 2.61 bits per heavy atom. The lowest BCUT2D eigenvalue weighted by molar-refractivity contribution is 0.199. The Bertz CT molecular complexity index is 420. The van der Waals surface area contributed by atoms with Crippen LogP contribution in [0.15, 0.2) is 12.1 Å². The molecular formula is C14H21NO3. The Morgan fingerprint density at radius 2 is 2.00 bits per heavy atom. The van der Waals surface area contributed by atoms with Crippen molar-refractivity contribution in [1.29, 1.82) is 0 Å². The van der Waals surface area contributed by atoms with Gasteiger partial charge in [0.1, 0.15) is 0 Å². The van der Waals surface area contributed by atoms with Gasteiger partial charge in [-0.15, -0.1) is 0 Å². The van der Waals surface area contributed by atoms with Crippen LogP contribution in [0.1, 0.15) is 24.1 Å². The molecule has 1 aromatic rings. The maximum absolute atomic E-state index is 9.34. The average molecular weight is 251 g/mol. The van der Waals surface area contributed by atoms with Crippen molar-refractivity contribution in [1.82, 2.24) is 5.32 Å². The summed E-state index contributed by atoms with van der Waals surface area (Å²) in [7, 11) is 3.30. The van der Waals surface area contributed by atoms with Crippen LogP contribution in [-0.2, 0) is 6.42 Å². The lowest BCUT2D eigenvalue weighted by Crippen LogP contribution is -2.35. The number of methoxy groups -OCH3 is 2. The van der Waals surface area contributed by atoms with Gasteiger partial charge in [0, 0.05) is 12.6 Å². The lowest BCUT2D eigenvalue weighted by atomic mass is 9.87. The van der Waals surface area contributed by atoms with Crippen LogP contribution >= 0.6 is 0 Å². The molecule has 0 radical (unpaired) electrons. The molecule has 2 N–H and O–H groups in total. The van der Waals surface area contributed by atoms with Gasteiger partial charge in [-0.3, -0.25) is 0 Å². The van der Waals surface area contributed by atoms with E-state index in [0.717, 1.165) is 24.5 Å². The van der Waals surface area contributed by atoms with Gasteiger partial charge in [-0.2, -0.15) is 0 Å². The van der Waals surface area contributed by atoms with Gasteiger partial charge in [0.25, 0.3) is 0 Å². The van der Waals surface area contributed by atoms with Crippen LogP contribution in [0, 0.1) is 5.92 Å². The van der Waals surface area contributed by atoms with Crippen molar-refractivity contribution in [2.24, 2.45) is 5.92 Å². The first-order valence-electron chi connectivity index (χ1n) is 6.30. The van der Waals surface area contributed by atoms with Crippen molar-refractivity contribution in [2.45, 2.75) is 19.4 Å². The SMILES string of the molecule is COc1cc2c(cc1OC)[C@H]([C@@H](C)CO)NCC2. The molecule has 1 heterocycles. The monoisotopic (exact) mass is 251 g/mol. The third-order valence-corrected chi connectivity index (χ3v) is 3.60. The maximum Gasteiger partial charge on any atom is 0.161 e. The van der Waals surface area contributed by atoms with Crippen molar-refractivity contribution in [3.63, 3.8) is 0 Å². The zero-order valence-corrected chi connectivity index (χ0v) is 11.2. The fourth-order valence-corrected chi connectivity index (χ4v) is 2.53. The zero-order valence-electron chi connectivity index (χ0n) is 11.2. The molecule has 0 spiro atoms. The fraction of sp³-hybridized carbons (Fsp3) is 0.571. The number of rotatable bonds is 4. The van der Waals surface area contributed by atoms with E-state index in [0.29, 0.717) is 0 Å². The second-order valence-corrected chi connectivity index (χ2v) is 4.75. The number of fused-ring (bicyclic) bond motifs is 1. The van der Waals surface area contributed by atoms with E-state index in [1.165, 1.54) is 11.1 Å². The Hall–Kier alpha value is -1.26.